The van der Waals surface area contributed by atoms with Crippen molar-refractivity contribution < 1.29 is 14.3 Å². The van der Waals surface area contributed by atoms with Crippen LogP contribution in [0.1, 0.15) is 41.0 Å². The van der Waals surface area contributed by atoms with E-state index in [0.29, 0.717) is 6.42 Å². The minimum Gasteiger partial charge on any atom is -0.467 e. The third-order valence-corrected chi connectivity index (χ3v) is 3.55. The first kappa shape index (κ1) is 11.5. The lowest BCUT2D eigenvalue weighted by atomic mass is 9.73. The predicted molar refractivity (Wildman–Crippen MR) is 54.0 cm³/mol. The molecule has 0 aromatic carbocycles. The molecule has 3 heteroatoms. The predicted octanol–water partition coefficient (Wildman–Crippen LogP) is 2.14. The molecular weight excluding hydrogens is 180 g/mol. The summed E-state index contributed by atoms with van der Waals surface area (Å²) in [6, 6.07) is 0. The molecule has 0 amide bonds. The highest BCUT2D eigenvalue weighted by Crippen LogP contribution is 2.60. The fraction of sp³-hybridized carbons (Fsp3) is 0.909. The van der Waals surface area contributed by atoms with E-state index < -0.39 is 11.2 Å². The first-order valence-electron chi connectivity index (χ1n) is 5.04. The normalized spacial score (nSPS) is 36.7. The lowest BCUT2D eigenvalue weighted by Crippen LogP contribution is -2.40. The molecule has 14 heavy (non-hydrogen) atoms. The number of rotatable bonds is 2. The van der Waals surface area contributed by atoms with Crippen molar-refractivity contribution in [3.63, 3.8) is 0 Å². The Balaban J connectivity index is 2.96. The molecule has 1 heterocycles. The average Bonchev–Trinajstić information content (AvgIpc) is 2.72. The van der Waals surface area contributed by atoms with Crippen molar-refractivity contribution in [2.75, 3.05) is 7.11 Å². The molecule has 0 bridgehead atoms. The molecule has 82 valence electrons. The standard InChI is InChI=1S/C11H20O3/c1-7-11(8(12)13-6)10(5,14-11)9(2,3)4/h7H2,1-6H3. The molecule has 0 aliphatic carbocycles. The first-order chi connectivity index (χ1) is 6.25. The molecule has 1 rings (SSSR count). The summed E-state index contributed by atoms with van der Waals surface area (Å²) in [6.07, 6.45) is 0.660. The van der Waals surface area contributed by atoms with E-state index in [9.17, 15) is 4.79 Å². The van der Waals surface area contributed by atoms with Crippen LogP contribution in [0.2, 0.25) is 0 Å². The zero-order valence-electron chi connectivity index (χ0n) is 9.93. The summed E-state index contributed by atoms with van der Waals surface area (Å²) in [5, 5.41) is 0. The second-order valence-corrected chi connectivity index (χ2v) is 5.06. The number of epoxide rings is 1. The van der Waals surface area contributed by atoms with Gasteiger partial charge in [-0.3, -0.25) is 0 Å². The van der Waals surface area contributed by atoms with Gasteiger partial charge in [-0.05, 0) is 18.8 Å². The molecule has 1 fully saturated rings. The highest BCUT2D eigenvalue weighted by Gasteiger charge is 2.75. The molecule has 0 saturated carbocycles. The molecular formula is C11H20O3. The third kappa shape index (κ3) is 1.18. The zero-order chi connectivity index (χ0) is 11.2. The summed E-state index contributed by atoms with van der Waals surface area (Å²) in [5.74, 6) is -0.252. The maximum absolute atomic E-state index is 11.6. The molecule has 1 saturated heterocycles. The maximum Gasteiger partial charge on any atom is 0.341 e. The number of hydrogen-bond donors (Lipinski definition) is 0. The van der Waals surface area contributed by atoms with Crippen LogP contribution in [0.5, 0.6) is 0 Å². The Morgan fingerprint density at radius 2 is 1.93 bits per heavy atom. The number of ether oxygens (including phenoxy) is 2. The van der Waals surface area contributed by atoms with Gasteiger partial charge in [0.2, 0.25) is 0 Å². The lowest BCUT2D eigenvalue weighted by Gasteiger charge is -2.26. The second-order valence-electron chi connectivity index (χ2n) is 5.06. The lowest BCUT2D eigenvalue weighted by molar-refractivity contribution is -0.147. The van der Waals surface area contributed by atoms with Crippen LogP contribution in [0.4, 0.5) is 0 Å². The van der Waals surface area contributed by atoms with Gasteiger partial charge in [-0.25, -0.2) is 4.79 Å². The number of hydrogen-bond acceptors (Lipinski definition) is 3. The van der Waals surface area contributed by atoms with Crippen molar-refractivity contribution in [1.29, 1.82) is 0 Å². The van der Waals surface area contributed by atoms with Crippen LogP contribution in [-0.4, -0.2) is 24.3 Å². The van der Waals surface area contributed by atoms with Crippen LogP contribution in [0.25, 0.3) is 0 Å². The largest absolute Gasteiger partial charge is 0.467 e. The van der Waals surface area contributed by atoms with Crippen molar-refractivity contribution in [1.82, 2.24) is 0 Å². The SMILES string of the molecule is CCC1(C(=O)OC)OC1(C)C(C)(C)C. The summed E-state index contributed by atoms with van der Waals surface area (Å²) >= 11 is 0. The molecule has 3 nitrogen and oxygen atoms in total. The van der Waals surface area contributed by atoms with Crippen molar-refractivity contribution in [3.8, 4) is 0 Å². The Bertz CT molecular complexity index is 254. The van der Waals surface area contributed by atoms with E-state index >= 15 is 0 Å². The number of methoxy groups -OCH3 is 1. The molecule has 0 aromatic heterocycles. The number of esters is 1. The molecule has 2 atom stereocenters. The summed E-state index contributed by atoms with van der Waals surface area (Å²) < 4.78 is 10.5. The summed E-state index contributed by atoms with van der Waals surface area (Å²) in [4.78, 5) is 11.6. The van der Waals surface area contributed by atoms with E-state index in [1.807, 2.05) is 13.8 Å². The van der Waals surface area contributed by atoms with Crippen LogP contribution in [0.3, 0.4) is 0 Å². The quantitative estimate of drug-likeness (QED) is 0.506. The van der Waals surface area contributed by atoms with Crippen molar-refractivity contribution in [2.24, 2.45) is 5.41 Å². The molecule has 0 radical (unpaired) electrons. The van der Waals surface area contributed by atoms with Gasteiger partial charge in [0.05, 0.1) is 7.11 Å². The van der Waals surface area contributed by atoms with Crippen molar-refractivity contribution in [2.45, 2.75) is 52.2 Å². The van der Waals surface area contributed by atoms with Gasteiger partial charge in [0.1, 0.15) is 5.60 Å². The van der Waals surface area contributed by atoms with Crippen LogP contribution in [-0.2, 0) is 14.3 Å². The van der Waals surface area contributed by atoms with Gasteiger partial charge < -0.3 is 9.47 Å². The van der Waals surface area contributed by atoms with Crippen LogP contribution < -0.4 is 0 Å². The number of carbonyl (C=O) groups excluding carboxylic acids is 1. The smallest absolute Gasteiger partial charge is 0.341 e. The minimum atomic E-state index is -0.722. The summed E-state index contributed by atoms with van der Waals surface area (Å²) in [5.41, 5.74) is -1.18. The Morgan fingerprint density at radius 1 is 1.43 bits per heavy atom. The molecule has 0 aromatic rings. The molecule has 0 spiro atoms. The van der Waals surface area contributed by atoms with E-state index in [1.165, 1.54) is 7.11 Å². The Labute approximate surface area is 85.8 Å². The second kappa shape index (κ2) is 2.96. The minimum absolute atomic E-state index is 0.0583. The van der Waals surface area contributed by atoms with Gasteiger partial charge in [-0.1, -0.05) is 27.7 Å². The van der Waals surface area contributed by atoms with E-state index in [4.69, 9.17) is 9.47 Å². The Kier molecular flexibility index (Phi) is 2.43. The topological polar surface area (TPSA) is 38.8 Å². The van der Waals surface area contributed by atoms with E-state index in [2.05, 4.69) is 20.8 Å². The Hall–Kier alpha value is -0.570. The number of carbonyl (C=O) groups is 1. The summed E-state index contributed by atoms with van der Waals surface area (Å²) in [6.45, 7) is 10.2. The third-order valence-electron chi connectivity index (χ3n) is 3.55. The highest BCUT2D eigenvalue weighted by molar-refractivity contribution is 5.85. The monoisotopic (exact) mass is 200 g/mol. The van der Waals surface area contributed by atoms with Gasteiger partial charge in [0.25, 0.3) is 0 Å². The fourth-order valence-electron chi connectivity index (χ4n) is 2.04. The van der Waals surface area contributed by atoms with E-state index in [1.54, 1.807) is 0 Å². The first-order valence-corrected chi connectivity index (χ1v) is 5.04. The van der Waals surface area contributed by atoms with Crippen LogP contribution >= 0.6 is 0 Å². The molecule has 1 aliphatic rings. The average molecular weight is 200 g/mol. The van der Waals surface area contributed by atoms with Gasteiger partial charge >= 0.3 is 5.97 Å². The van der Waals surface area contributed by atoms with Gasteiger partial charge in [0, 0.05) is 0 Å². The summed E-state index contributed by atoms with van der Waals surface area (Å²) in [7, 11) is 1.41. The fourth-order valence-corrected chi connectivity index (χ4v) is 2.04. The van der Waals surface area contributed by atoms with Gasteiger partial charge in [-0.15, -0.1) is 0 Å². The highest BCUT2D eigenvalue weighted by atomic mass is 16.7. The molecule has 2 unspecified atom stereocenters. The Morgan fingerprint density at radius 3 is 2.14 bits per heavy atom. The van der Waals surface area contributed by atoms with Crippen molar-refractivity contribution >= 4 is 5.97 Å². The van der Waals surface area contributed by atoms with E-state index in [-0.39, 0.29) is 11.4 Å². The maximum atomic E-state index is 11.6. The van der Waals surface area contributed by atoms with Gasteiger partial charge in [-0.2, -0.15) is 0 Å². The van der Waals surface area contributed by atoms with Gasteiger partial charge in [0.15, 0.2) is 5.60 Å². The van der Waals surface area contributed by atoms with Crippen LogP contribution in [0.15, 0.2) is 0 Å². The van der Waals surface area contributed by atoms with Crippen LogP contribution in [0, 0.1) is 5.41 Å². The van der Waals surface area contributed by atoms with E-state index in [0.717, 1.165) is 0 Å². The molecule has 1 aliphatic heterocycles. The zero-order valence-corrected chi connectivity index (χ0v) is 9.93. The molecule has 0 N–H and O–H groups in total. The van der Waals surface area contributed by atoms with Crippen molar-refractivity contribution in [3.05, 3.63) is 0 Å².